The molecule has 0 bridgehead atoms. The van der Waals surface area contributed by atoms with Gasteiger partial charge in [0.15, 0.2) is 5.13 Å². The van der Waals surface area contributed by atoms with Crippen LogP contribution in [-0.4, -0.2) is 30.1 Å². The Balaban J connectivity index is 1.42. The number of carbonyl (C=O) groups is 1. The van der Waals surface area contributed by atoms with Gasteiger partial charge in [0.05, 0.1) is 19.9 Å². The summed E-state index contributed by atoms with van der Waals surface area (Å²) in [5.41, 5.74) is 3.82. The lowest BCUT2D eigenvalue weighted by molar-refractivity contribution is -0.116. The number of methoxy groups -OCH3 is 2. The molecule has 4 rings (SSSR count). The summed E-state index contributed by atoms with van der Waals surface area (Å²) in [4.78, 5) is 20.2. The number of nitrogens with one attached hydrogen (secondary N) is 2. The molecular formula is C22H21N3O3S. The Kier molecular flexibility index (Phi) is 5.48. The summed E-state index contributed by atoms with van der Waals surface area (Å²) in [5, 5.41) is 6.52. The average molecular weight is 407 g/mol. The lowest BCUT2D eigenvalue weighted by Gasteiger charge is -2.08. The molecule has 0 saturated heterocycles. The Morgan fingerprint density at radius 2 is 2.03 bits per heavy atom. The van der Waals surface area contributed by atoms with E-state index in [0.717, 1.165) is 27.7 Å². The van der Waals surface area contributed by atoms with Crippen LogP contribution in [0.25, 0.3) is 22.2 Å². The summed E-state index contributed by atoms with van der Waals surface area (Å²) in [6.45, 7) is 0. The lowest BCUT2D eigenvalue weighted by atomic mass is 10.1. The number of benzene rings is 2. The molecule has 0 atom stereocenters. The van der Waals surface area contributed by atoms with Crippen molar-refractivity contribution in [2.24, 2.45) is 0 Å². The fourth-order valence-corrected chi connectivity index (χ4v) is 3.96. The van der Waals surface area contributed by atoms with Gasteiger partial charge >= 0.3 is 0 Å². The SMILES string of the molecule is COc1ccc(-c2csc(NC(=O)CCc3c[nH]c4ccccc34)n2)c(OC)c1. The van der Waals surface area contributed by atoms with Crippen molar-refractivity contribution in [3.05, 3.63) is 59.6 Å². The highest BCUT2D eigenvalue weighted by Gasteiger charge is 2.13. The minimum absolute atomic E-state index is 0.0575. The number of aryl methyl sites for hydroxylation is 1. The molecule has 29 heavy (non-hydrogen) atoms. The highest BCUT2D eigenvalue weighted by molar-refractivity contribution is 7.14. The average Bonchev–Trinajstić information content (AvgIpc) is 3.38. The summed E-state index contributed by atoms with van der Waals surface area (Å²) in [7, 11) is 3.22. The summed E-state index contributed by atoms with van der Waals surface area (Å²) in [6.07, 6.45) is 3.03. The van der Waals surface area contributed by atoms with Crippen LogP contribution in [0, 0.1) is 0 Å². The number of hydrogen-bond acceptors (Lipinski definition) is 5. The van der Waals surface area contributed by atoms with E-state index in [2.05, 4.69) is 21.4 Å². The molecule has 0 unspecified atom stereocenters. The fraction of sp³-hybridized carbons (Fsp3) is 0.182. The Hall–Kier alpha value is -3.32. The summed E-state index contributed by atoms with van der Waals surface area (Å²) < 4.78 is 10.7. The molecule has 148 valence electrons. The number of hydrogen-bond donors (Lipinski definition) is 2. The number of nitrogens with zero attached hydrogens (tertiary/aromatic N) is 1. The zero-order chi connectivity index (χ0) is 20.2. The van der Waals surface area contributed by atoms with E-state index in [-0.39, 0.29) is 5.91 Å². The zero-order valence-corrected chi connectivity index (χ0v) is 17.0. The van der Waals surface area contributed by atoms with E-state index in [0.29, 0.717) is 29.5 Å². The smallest absolute Gasteiger partial charge is 0.226 e. The Morgan fingerprint density at radius 3 is 2.86 bits per heavy atom. The number of aromatic nitrogens is 2. The quantitative estimate of drug-likeness (QED) is 0.458. The summed E-state index contributed by atoms with van der Waals surface area (Å²) in [6, 6.07) is 13.7. The molecular weight excluding hydrogens is 386 g/mol. The fourth-order valence-electron chi connectivity index (χ4n) is 3.23. The molecule has 0 fully saturated rings. The van der Waals surface area contributed by atoms with Gasteiger partial charge in [-0.15, -0.1) is 11.3 Å². The van der Waals surface area contributed by atoms with Crippen molar-refractivity contribution in [3.8, 4) is 22.8 Å². The zero-order valence-electron chi connectivity index (χ0n) is 16.2. The second-order valence-corrected chi connectivity index (χ2v) is 7.37. The second kappa shape index (κ2) is 8.36. The highest BCUT2D eigenvalue weighted by atomic mass is 32.1. The van der Waals surface area contributed by atoms with Crippen LogP contribution < -0.4 is 14.8 Å². The van der Waals surface area contributed by atoms with E-state index in [1.54, 1.807) is 14.2 Å². The molecule has 4 aromatic rings. The molecule has 0 radical (unpaired) electrons. The van der Waals surface area contributed by atoms with Gasteiger partial charge < -0.3 is 19.8 Å². The van der Waals surface area contributed by atoms with Gasteiger partial charge in [0.1, 0.15) is 11.5 Å². The van der Waals surface area contributed by atoms with E-state index < -0.39 is 0 Å². The Bertz CT molecular complexity index is 1150. The molecule has 7 heteroatoms. The van der Waals surface area contributed by atoms with Gasteiger partial charge in [-0.05, 0) is 30.2 Å². The van der Waals surface area contributed by atoms with Gasteiger partial charge in [-0.2, -0.15) is 0 Å². The first-order valence-corrected chi connectivity index (χ1v) is 10.1. The van der Waals surface area contributed by atoms with E-state index in [9.17, 15) is 4.79 Å². The number of amides is 1. The molecule has 0 saturated carbocycles. The van der Waals surface area contributed by atoms with Crippen LogP contribution in [0.4, 0.5) is 5.13 Å². The van der Waals surface area contributed by atoms with Crippen molar-refractivity contribution >= 4 is 33.3 Å². The second-order valence-electron chi connectivity index (χ2n) is 6.51. The number of para-hydroxylation sites is 1. The normalized spacial score (nSPS) is 10.8. The maximum atomic E-state index is 12.4. The maximum Gasteiger partial charge on any atom is 0.226 e. The topological polar surface area (TPSA) is 76.2 Å². The molecule has 0 aliphatic heterocycles. The highest BCUT2D eigenvalue weighted by Crippen LogP contribution is 2.34. The first-order chi connectivity index (χ1) is 14.2. The number of carbonyl (C=O) groups excluding carboxylic acids is 1. The summed E-state index contributed by atoms with van der Waals surface area (Å²) in [5.74, 6) is 1.33. The van der Waals surface area contributed by atoms with E-state index in [1.807, 2.05) is 48.0 Å². The first-order valence-electron chi connectivity index (χ1n) is 9.20. The minimum Gasteiger partial charge on any atom is -0.497 e. The van der Waals surface area contributed by atoms with Crippen LogP contribution in [0.5, 0.6) is 11.5 Å². The van der Waals surface area contributed by atoms with Crippen molar-refractivity contribution in [2.75, 3.05) is 19.5 Å². The predicted molar refractivity (Wildman–Crippen MR) is 116 cm³/mol. The van der Waals surface area contributed by atoms with Gasteiger partial charge in [0.2, 0.25) is 5.91 Å². The first kappa shape index (κ1) is 19.0. The van der Waals surface area contributed by atoms with Crippen molar-refractivity contribution in [2.45, 2.75) is 12.8 Å². The van der Waals surface area contributed by atoms with E-state index in [1.165, 1.54) is 11.3 Å². The number of anilines is 1. The predicted octanol–water partition coefficient (Wildman–Crippen LogP) is 4.88. The van der Waals surface area contributed by atoms with Gasteiger partial charge in [-0.25, -0.2) is 4.98 Å². The maximum absolute atomic E-state index is 12.4. The molecule has 2 heterocycles. The Morgan fingerprint density at radius 1 is 1.17 bits per heavy atom. The molecule has 2 aromatic carbocycles. The van der Waals surface area contributed by atoms with Gasteiger partial charge in [-0.3, -0.25) is 4.79 Å². The number of ether oxygens (including phenoxy) is 2. The molecule has 2 N–H and O–H groups in total. The molecule has 6 nitrogen and oxygen atoms in total. The molecule has 1 amide bonds. The third-order valence-corrected chi connectivity index (χ3v) is 5.49. The number of rotatable bonds is 7. The van der Waals surface area contributed by atoms with Gasteiger partial charge in [0, 0.05) is 40.5 Å². The van der Waals surface area contributed by atoms with Crippen molar-refractivity contribution < 1.29 is 14.3 Å². The summed E-state index contributed by atoms with van der Waals surface area (Å²) >= 11 is 1.39. The number of aromatic amines is 1. The van der Waals surface area contributed by atoms with Crippen molar-refractivity contribution in [1.82, 2.24) is 9.97 Å². The van der Waals surface area contributed by atoms with Crippen molar-refractivity contribution in [3.63, 3.8) is 0 Å². The largest absolute Gasteiger partial charge is 0.497 e. The third-order valence-electron chi connectivity index (χ3n) is 4.73. The lowest BCUT2D eigenvalue weighted by Crippen LogP contribution is -2.12. The molecule has 0 spiro atoms. The third kappa shape index (κ3) is 4.09. The standard InChI is InChI=1S/C22H21N3O3S/c1-27-15-8-9-17(20(11-15)28-2)19-13-29-22(24-19)25-21(26)10-7-14-12-23-18-6-4-3-5-16(14)18/h3-6,8-9,11-13,23H,7,10H2,1-2H3,(H,24,25,26). The molecule has 0 aliphatic rings. The molecule has 0 aliphatic carbocycles. The van der Waals surface area contributed by atoms with Crippen LogP contribution in [0.3, 0.4) is 0 Å². The van der Waals surface area contributed by atoms with Crippen LogP contribution >= 0.6 is 11.3 Å². The van der Waals surface area contributed by atoms with Crippen LogP contribution in [0.2, 0.25) is 0 Å². The van der Waals surface area contributed by atoms with E-state index >= 15 is 0 Å². The minimum atomic E-state index is -0.0575. The van der Waals surface area contributed by atoms with E-state index in [4.69, 9.17) is 9.47 Å². The number of thiazole rings is 1. The molecule has 2 aromatic heterocycles. The number of fused-ring (bicyclic) bond motifs is 1. The Labute approximate surface area is 172 Å². The van der Waals surface area contributed by atoms with Crippen molar-refractivity contribution in [1.29, 1.82) is 0 Å². The van der Waals surface area contributed by atoms with Gasteiger partial charge in [0.25, 0.3) is 0 Å². The van der Waals surface area contributed by atoms with Crippen LogP contribution in [-0.2, 0) is 11.2 Å². The number of H-pyrrole nitrogens is 1. The van der Waals surface area contributed by atoms with Crippen LogP contribution in [0.15, 0.2) is 54.0 Å². The van der Waals surface area contributed by atoms with Gasteiger partial charge in [-0.1, -0.05) is 18.2 Å². The monoisotopic (exact) mass is 407 g/mol. The van der Waals surface area contributed by atoms with Crippen LogP contribution in [0.1, 0.15) is 12.0 Å².